The van der Waals surface area contributed by atoms with Gasteiger partial charge in [-0.15, -0.1) is 0 Å². The van der Waals surface area contributed by atoms with E-state index in [0.717, 1.165) is 11.4 Å². The smallest absolute Gasteiger partial charge is 0.142 e. The predicted molar refractivity (Wildman–Crippen MR) is 73.9 cm³/mol. The van der Waals surface area contributed by atoms with Crippen molar-refractivity contribution in [2.45, 2.75) is 19.9 Å². The highest BCUT2D eigenvalue weighted by molar-refractivity contribution is 5.57. The van der Waals surface area contributed by atoms with Gasteiger partial charge < -0.3 is 10.1 Å². The fourth-order valence-electron chi connectivity index (χ4n) is 1.84. The molecule has 2 aromatic rings. The van der Waals surface area contributed by atoms with Crippen molar-refractivity contribution in [1.29, 1.82) is 0 Å². The van der Waals surface area contributed by atoms with Gasteiger partial charge in [0.05, 0.1) is 12.3 Å². The Hall–Kier alpha value is -2.03. The van der Waals surface area contributed by atoms with Gasteiger partial charge in [-0.3, -0.25) is 4.98 Å². The molecule has 3 nitrogen and oxygen atoms in total. The molecule has 1 N–H and O–H groups in total. The Kier molecular flexibility index (Phi) is 4.18. The summed E-state index contributed by atoms with van der Waals surface area (Å²) in [7, 11) is 0. The molecule has 18 heavy (non-hydrogen) atoms. The Bertz CT molecular complexity index is 485. The quantitative estimate of drug-likeness (QED) is 0.869. The number of hydrogen-bond acceptors (Lipinski definition) is 3. The lowest BCUT2D eigenvalue weighted by Crippen LogP contribution is -2.08. The van der Waals surface area contributed by atoms with Gasteiger partial charge in [-0.25, -0.2) is 0 Å². The summed E-state index contributed by atoms with van der Waals surface area (Å²) in [4.78, 5) is 4.03. The lowest BCUT2D eigenvalue weighted by Gasteiger charge is -2.18. The first-order valence-electron chi connectivity index (χ1n) is 6.19. The number of hydrogen-bond donors (Lipinski definition) is 1. The Morgan fingerprint density at radius 1 is 1.17 bits per heavy atom. The number of rotatable bonds is 5. The van der Waals surface area contributed by atoms with Crippen molar-refractivity contribution in [3.63, 3.8) is 0 Å². The number of benzene rings is 1. The second-order valence-corrected chi connectivity index (χ2v) is 4.08. The highest BCUT2D eigenvalue weighted by Gasteiger charge is 2.08. The molecule has 1 unspecified atom stereocenters. The van der Waals surface area contributed by atoms with E-state index in [0.29, 0.717) is 6.61 Å². The van der Waals surface area contributed by atoms with Crippen LogP contribution in [0.1, 0.15) is 25.5 Å². The number of para-hydroxylation sites is 2. The zero-order valence-corrected chi connectivity index (χ0v) is 10.8. The van der Waals surface area contributed by atoms with Crippen LogP contribution in [0.15, 0.2) is 48.8 Å². The van der Waals surface area contributed by atoms with E-state index >= 15 is 0 Å². The van der Waals surface area contributed by atoms with Gasteiger partial charge in [-0.1, -0.05) is 12.1 Å². The molecule has 0 fully saturated rings. The van der Waals surface area contributed by atoms with E-state index in [4.69, 9.17) is 4.74 Å². The lowest BCUT2D eigenvalue weighted by atomic mass is 10.1. The van der Waals surface area contributed by atoms with Gasteiger partial charge in [0.2, 0.25) is 0 Å². The molecule has 1 heterocycles. The molecule has 0 spiro atoms. The standard InChI is InChI=1S/C15H18N2O/c1-3-18-15-7-5-4-6-14(15)17-12(2)13-8-10-16-11-9-13/h4-12,17H,3H2,1-2H3. The van der Waals surface area contributed by atoms with Crippen LogP contribution in [0.25, 0.3) is 0 Å². The Labute approximate surface area is 108 Å². The molecule has 3 heteroatoms. The molecule has 0 aliphatic carbocycles. The molecule has 1 aromatic carbocycles. The van der Waals surface area contributed by atoms with E-state index in [1.807, 2.05) is 55.7 Å². The van der Waals surface area contributed by atoms with Crippen LogP contribution >= 0.6 is 0 Å². The van der Waals surface area contributed by atoms with Gasteiger partial charge in [0, 0.05) is 18.4 Å². The topological polar surface area (TPSA) is 34.1 Å². The molecule has 0 saturated heterocycles. The highest BCUT2D eigenvalue weighted by atomic mass is 16.5. The summed E-state index contributed by atoms with van der Waals surface area (Å²) in [5.74, 6) is 0.890. The van der Waals surface area contributed by atoms with Crippen molar-refractivity contribution in [2.24, 2.45) is 0 Å². The second-order valence-electron chi connectivity index (χ2n) is 4.08. The highest BCUT2D eigenvalue weighted by Crippen LogP contribution is 2.27. The molecule has 0 bridgehead atoms. The molecule has 0 aliphatic rings. The van der Waals surface area contributed by atoms with Crippen molar-refractivity contribution in [1.82, 2.24) is 4.98 Å². The van der Waals surface area contributed by atoms with Gasteiger partial charge in [0.15, 0.2) is 0 Å². The molecule has 2 rings (SSSR count). The van der Waals surface area contributed by atoms with Crippen LogP contribution in [0.3, 0.4) is 0 Å². The number of nitrogens with zero attached hydrogens (tertiary/aromatic N) is 1. The Morgan fingerprint density at radius 3 is 2.61 bits per heavy atom. The van der Waals surface area contributed by atoms with Gasteiger partial charge in [0.25, 0.3) is 0 Å². The molecular formula is C15H18N2O. The third-order valence-electron chi connectivity index (χ3n) is 2.77. The van der Waals surface area contributed by atoms with Crippen molar-refractivity contribution in [2.75, 3.05) is 11.9 Å². The SMILES string of the molecule is CCOc1ccccc1NC(C)c1ccncc1. The fraction of sp³-hybridized carbons (Fsp3) is 0.267. The van der Waals surface area contributed by atoms with Crippen LogP contribution in [-0.4, -0.2) is 11.6 Å². The van der Waals surface area contributed by atoms with Gasteiger partial charge >= 0.3 is 0 Å². The maximum absolute atomic E-state index is 5.60. The summed E-state index contributed by atoms with van der Waals surface area (Å²) in [6, 6.07) is 12.2. The van der Waals surface area contributed by atoms with Gasteiger partial charge in [-0.05, 0) is 43.7 Å². The van der Waals surface area contributed by atoms with E-state index < -0.39 is 0 Å². The first-order valence-corrected chi connectivity index (χ1v) is 6.19. The van der Waals surface area contributed by atoms with E-state index in [2.05, 4.69) is 17.2 Å². The zero-order valence-electron chi connectivity index (χ0n) is 10.8. The minimum atomic E-state index is 0.217. The predicted octanol–water partition coefficient (Wildman–Crippen LogP) is 3.65. The summed E-state index contributed by atoms with van der Waals surface area (Å²) in [5.41, 5.74) is 2.22. The monoisotopic (exact) mass is 242 g/mol. The number of aromatic nitrogens is 1. The third kappa shape index (κ3) is 3.00. The van der Waals surface area contributed by atoms with E-state index in [9.17, 15) is 0 Å². The molecule has 0 radical (unpaired) electrons. The van der Waals surface area contributed by atoms with Crippen LogP contribution in [-0.2, 0) is 0 Å². The van der Waals surface area contributed by atoms with E-state index in [1.54, 1.807) is 0 Å². The molecule has 0 saturated carbocycles. The normalized spacial score (nSPS) is 11.9. The summed E-state index contributed by atoms with van der Waals surface area (Å²) >= 11 is 0. The summed E-state index contributed by atoms with van der Waals surface area (Å²) in [6.07, 6.45) is 3.62. The largest absolute Gasteiger partial charge is 0.492 e. The molecule has 1 atom stereocenters. The molecule has 1 aromatic heterocycles. The maximum Gasteiger partial charge on any atom is 0.142 e. The molecule has 0 amide bonds. The lowest BCUT2D eigenvalue weighted by molar-refractivity contribution is 0.341. The second kappa shape index (κ2) is 6.05. The zero-order chi connectivity index (χ0) is 12.8. The third-order valence-corrected chi connectivity index (χ3v) is 2.77. The van der Waals surface area contributed by atoms with Crippen LogP contribution in [0.2, 0.25) is 0 Å². The van der Waals surface area contributed by atoms with Crippen molar-refractivity contribution < 1.29 is 4.74 Å². The summed E-state index contributed by atoms with van der Waals surface area (Å²) < 4.78 is 5.60. The first kappa shape index (κ1) is 12.4. The minimum absolute atomic E-state index is 0.217. The van der Waals surface area contributed by atoms with Crippen LogP contribution < -0.4 is 10.1 Å². The summed E-state index contributed by atoms with van der Waals surface area (Å²) in [6.45, 7) is 4.78. The summed E-state index contributed by atoms with van der Waals surface area (Å²) in [5, 5.41) is 3.46. The van der Waals surface area contributed by atoms with Crippen molar-refractivity contribution in [3.05, 3.63) is 54.4 Å². The number of nitrogens with one attached hydrogen (secondary N) is 1. The molecule has 94 valence electrons. The molecular weight excluding hydrogens is 224 g/mol. The van der Waals surface area contributed by atoms with E-state index in [-0.39, 0.29) is 6.04 Å². The Balaban J connectivity index is 2.14. The molecule has 0 aliphatic heterocycles. The fourth-order valence-corrected chi connectivity index (χ4v) is 1.84. The van der Waals surface area contributed by atoms with Gasteiger partial charge in [-0.2, -0.15) is 0 Å². The maximum atomic E-state index is 5.60. The van der Waals surface area contributed by atoms with Gasteiger partial charge in [0.1, 0.15) is 5.75 Å². The average molecular weight is 242 g/mol. The Morgan fingerprint density at radius 2 is 1.89 bits per heavy atom. The number of anilines is 1. The number of ether oxygens (including phenoxy) is 1. The average Bonchev–Trinajstić information content (AvgIpc) is 2.42. The first-order chi connectivity index (χ1) is 8.81. The van der Waals surface area contributed by atoms with Crippen LogP contribution in [0.4, 0.5) is 5.69 Å². The van der Waals surface area contributed by atoms with E-state index in [1.165, 1.54) is 5.56 Å². The van der Waals surface area contributed by atoms with Crippen molar-refractivity contribution in [3.8, 4) is 5.75 Å². The van der Waals surface area contributed by atoms with Crippen LogP contribution in [0.5, 0.6) is 5.75 Å². The van der Waals surface area contributed by atoms with Crippen LogP contribution in [0, 0.1) is 0 Å². The van der Waals surface area contributed by atoms with Crippen molar-refractivity contribution >= 4 is 5.69 Å². The number of pyridine rings is 1. The minimum Gasteiger partial charge on any atom is -0.492 e.